The van der Waals surface area contributed by atoms with Crippen LogP contribution >= 0.6 is 0 Å². The van der Waals surface area contributed by atoms with Crippen molar-refractivity contribution in [2.45, 2.75) is 6.54 Å². The Morgan fingerprint density at radius 2 is 1.94 bits per heavy atom. The van der Waals surface area contributed by atoms with Gasteiger partial charge in [-0.05, 0) is 24.7 Å². The maximum Gasteiger partial charge on any atom is 0.250 e. The molecule has 0 aromatic heterocycles. The van der Waals surface area contributed by atoms with E-state index < -0.39 is 0 Å². The van der Waals surface area contributed by atoms with E-state index in [0.29, 0.717) is 13.2 Å². The molecule has 5 heteroatoms. The van der Waals surface area contributed by atoms with Crippen molar-refractivity contribution in [1.29, 1.82) is 0 Å². The maximum absolute atomic E-state index is 11.5. The van der Waals surface area contributed by atoms with E-state index in [0.717, 1.165) is 12.2 Å². The topological polar surface area (TPSA) is 59.6 Å². The molecule has 5 nitrogen and oxygen atoms in total. The van der Waals surface area contributed by atoms with Crippen LogP contribution in [0.25, 0.3) is 0 Å². The van der Waals surface area contributed by atoms with Crippen molar-refractivity contribution in [3.8, 4) is 0 Å². The summed E-state index contributed by atoms with van der Waals surface area (Å²) in [7, 11) is 3.49. The summed E-state index contributed by atoms with van der Waals surface area (Å²) in [5.74, 6) is -0.160. The minimum Gasteiger partial charge on any atom is -0.382 e. The van der Waals surface area contributed by atoms with Gasteiger partial charge in [-0.25, -0.2) is 0 Å². The number of benzene rings is 1. The first kappa shape index (κ1) is 14.6. The first-order valence-electron chi connectivity index (χ1n) is 5.86. The summed E-state index contributed by atoms with van der Waals surface area (Å²) in [6.45, 7) is 1.77. The molecule has 1 aromatic rings. The first-order chi connectivity index (χ1) is 8.76. The summed E-state index contributed by atoms with van der Waals surface area (Å²) in [6.07, 6.45) is 0. The molecule has 0 saturated heterocycles. The number of ether oxygens (including phenoxy) is 2. The van der Waals surface area contributed by atoms with Crippen molar-refractivity contribution >= 4 is 11.6 Å². The zero-order chi connectivity index (χ0) is 13.2. The third-order valence-corrected chi connectivity index (χ3v) is 2.28. The summed E-state index contributed by atoms with van der Waals surface area (Å²) in [5.41, 5.74) is 1.95. The second-order valence-electron chi connectivity index (χ2n) is 3.82. The van der Waals surface area contributed by atoms with E-state index in [-0.39, 0.29) is 12.5 Å². The number of hydrogen-bond acceptors (Lipinski definition) is 4. The fourth-order valence-corrected chi connectivity index (χ4v) is 1.41. The molecule has 0 aliphatic carbocycles. The van der Waals surface area contributed by atoms with E-state index in [4.69, 9.17) is 9.47 Å². The molecule has 1 rings (SSSR count). The van der Waals surface area contributed by atoms with Crippen LogP contribution in [0.2, 0.25) is 0 Å². The van der Waals surface area contributed by atoms with Crippen molar-refractivity contribution in [3.05, 3.63) is 29.8 Å². The van der Waals surface area contributed by atoms with Gasteiger partial charge < -0.3 is 20.1 Å². The number of methoxy groups -OCH3 is 1. The molecule has 0 radical (unpaired) electrons. The van der Waals surface area contributed by atoms with Crippen LogP contribution in [0.3, 0.4) is 0 Å². The van der Waals surface area contributed by atoms with Gasteiger partial charge in [0.25, 0.3) is 0 Å². The number of nitrogens with one attached hydrogen (secondary N) is 2. The second kappa shape index (κ2) is 8.63. The highest BCUT2D eigenvalue weighted by Gasteiger charge is 2.02. The molecule has 0 spiro atoms. The van der Waals surface area contributed by atoms with Crippen molar-refractivity contribution < 1.29 is 14.3 Å². The molecule has 0 unspecified atom stereocenters. The van der Waals surface area contributed by atoms with Gasteiger partial charge in [0.1, 0.15) is 6.61 Å². The van der Waals surface area contributed by atoms with Crippen molar-refractivity contribution in [2.24, 2.45) is 0 Å². The molecule has 0 aliphatic rings. The van der Waals surface area contributed by atoms with Crippen LogP contribution < -0.4 is 10.6 Å². The number of anilines is 1. The van der Waals surface area contributed by atoms with Crippen LogP contribution in [-0.4, -0.2) is 39.9 Å². The highest BCUT2D eigenvalue weighted by Crippen LogP contribution is 2.09. The van der Waals surface area contributed by atoms with Crippen LogP contribution in [0, 0.1) is 0 Å². The molecule has 0 atom stereocenters. The van der Waals surface area contributed by atoms with Gasteiger partial charge in [0.15, 0.2) is 0 Å². The Kier molecular flexibility index (Phi) is 7.01. The number of amides is 1. The zero-order valence-corrected chi connectivity index (χ0v) is 10.9. The number of carbonyl (C=O) groups is 1. The molecule has 0 fully saturated rings. The number of hydrogen-bond donors (Lipinski definition) is 2. The lowest BCUT2D eigenvalue weighted by molar-refractivity contribution is -0.121. The van der Waals surface area contributed by atoms with E-state index in [1.54, 1.807) is 7.11 Å². The third-order valence-electron chi connectivity index (χ3n) is 2.28. The third kappa shape index (κ3) is 5.77. The summed E-state index contributed by atoms with van der Waals surface area (Å²) in [5, 5.41) is 5.83. The molecular formula is C13H20N2O3. The molecule has 1 amide bonds. The highest BCUT2D eigenvalue weighted by atomic mass is 16.5. The Morgan fingerprint density at radius 3 is 2.56 bits per heavy atom. The normalized spacial score (nSPS) is 10.3. The Hall–Kier alpha value is -1.43. The SMILES string of the molecule is CNCc1ccc(NC(=O)COCCOC)cc1. The highest BCUT2D eigenvalue weighted by molar-refractivity contribution is 5.91. The standard InChI is InChI=1S/C13H20N2O3/c1-14-9-11-3-5-12(6-4-11)15-13(16)10-18-8-7-17-2/h3-6,14H,7-10H2,1-2H3,(H,15,16). The fourth-order valence-electron chi connectivity index (χ4n) is 1.41. The van der Waals surface area contributed by atoms with Crippen molar-refractivity contribution in [1.82, 2.24) is 5.32 Å². The minimum atomic E-state index is -0.160. The van der Waals surface area contributed by atoms with Gasteiger partial charge in [0.05, 0.1) is 13.2 Å². The van der Waals surface area contributed by atoms with Gasteiger partial charge in [-0.15, -0.1) is 0 Å². The molecule has 0 saturated carbocycles. The lowest BCUT2D eigenvalue weighted by atomic mass is 10.2. The van der Waals surface area contributed by atoms with E-state index in [1.807, 2.05) is 31.3 Å². The Labute approximate surface area is 107 Å². The first-order valence-corrected chi connectivity index (χ1v) is 5.86. The monoisotopic (exact) mass is 252 g/mol. The average Bonchev–Trinajstić information content (AvgIpc) is 2.37. The van der Waals surface area contributed by atoms with Crippen LogP contribution in [0.4, 0.5) is 5.69 Å². The molecule has 2 N–H and O–H groups in total. The lowest BCUT2D eigenvalue weighted by Gasteiger charge is -2.07. The van der Waals surface area contributed by atoms with Gasteiger partial charge in [0.2, 0.25) is 5.91 Å². The average molecular weight is 252 g/mol. The van der Waals surface area contributed by atoms with E-state index >= 15 is 0 Å². The molecule has 0 heterocycles. The second-order valence-corrected chi connectivity index (χ2v) is 3.82. The Balaban J connectivity index is 2.30. The summed E-state index contributed by atoms with van der Waals surface area (Å²) < 4.78 is 9.94. The van der Waals surface area contributed by atoms with E-state index in [9.17, 15) is 4.79 Å². The fraction of sp³-hybridized carbons (Fsp3) is 0.462. The summed E-state index contributed by atoms with van der Waals surface area (Å²) in [4.78, 5) is 11.5. The smallest absolute Gasteiger partial charge is 0.250 e. The lowest BCUT2D eigenvalue weighted by Crippen LogP contribution is -2.19. The molecule has 100 valence electrons. The molecule has 0 bridgehead atoms. The number of carbonyl (C=O) groups excluding carboxylic acids is 1. The molecule has 1 aromatic carbocycles. The largest absolute Gasteiger partial charge is 0.382 e. The molecule has 0 aliphatic heterocycles. The predicted octanol–water partition coefficient (Wildman–Crippen LogP) is 1.01. The minimum absolute atomic E-state index is 0.0433. The van der Waals surface area contributed by atoms with Crippen LogP contribution in [0.5, 0.6) is 0 Å². The zero-order valence-electron chi connectivity index (χ0n) is 10.9. The van der Waals surface area contributed by atoms with Crippen molar-refractivity contribution in [2.75, 3.05) is 39.3 Å². The number of rotatable bonds is 8. The Bertz CT molecular complexity index is 352. The Morgan fingerprint density at radius 1 is 1.22 bits per heavy atom. The van der Waals surface area contributed by atoms with Gasteiger partial charge in [-0.1, -0.05) is 12.1 Å². The van der Waals surface area contributed by atoms with E-state index in [2.05, 4.69) is 10.6 Å². The maximum atomic E-state index is 11.5. The van der Waals surface area contributed by atoms with Crippen molar-refractivity contribution in [3.63, 3.8) is 0 Å². The quantitative estimate of drug-likeness (QED) is 0.678. The van der Waals surface area contributed by atoms with Gasteiger partial charge in [0, 0.05) is 19.3 Å². The van der Waals surface area contributed by atoms with Gasteiger partial charge >= 0.3 is 0 Å². The summed E-state index contributed by atoms with van der Waals surface area (Å²) in [6, 6.07) is 7.69. The molecular weight excluding hydrogens is 232 g/mol. The van der Waals surface area contributed by atoms with Gasteiger partial charge in [-0.2, -0.15) is 0 Å². The summed E-state index contributed by atoms with van der Waals surface area (Å²) >= 11 is 0. The van der Waals surface area contributed by atoms with Gasteiger partial charge in [-0.3, -0.25) is 4.79 Å². The predicted molar refractivity (Wildman–Crippen MR) is 70.5 cm³/mol. The molecule has 18 heavy (non-hydrogen) atoms. The van der Waals surface area contributed by atoms with Crippen LogP contribution in [-0.2, 0) is 20.8 Å². The van der Waals surface area contributed by atoms with Crippen LogP contribution in [0.15, 0.2) is 24.3 Å². The van der Waals surface area contributed by atoms with E-state index in [1.165, 1.54) is 5.56 Å². The van der Waals surface area contributed by atoms with Crippen LogP contribution in [0.1, 0.15) is 5.56 Å².